The number of ether oxygens (including phenoxy) is 1. The molecule has 0 spiro atoms. The molecule has 2 rings (SSSR count). The molecule has 0 radical (unpaired) electrons. The molecule has 0 saturated heterocycles. The minimum absolute atomic E-state index is 0.110. The summed E-state index contributed by atoms with van der Waals surface area (Å²) in [6.45, 7) is 12.0. The monoisotopic (exact) mass is 289 g/mol. The van der Waals surface area contributed by atoms with Gasteiger partial charge in [-0.15, -0.1) is 0 Å². The number of nitrogens with one attached hydrogen (secondary N) is 1. The summed E-state index contributed by atoms with van der Waals surface area (Å²) in [5, 5.41) is 4.58. The molecule has 0 aliphatic rings. The van der Waals surface area contributed by atoms with Crippen molar-refractivity contribution in [1.29, 1.82) is 0 Å². The molecule has 1 aromatic carbocycles. The average molecular weight is 289 g/mol. The van der Waals surface area contributed by atoms with Crippen molar-refractivity contribution in [2.24, 2.45) is 0 Å². The van der Waals surface area contributed by atoms with E-state index >= 15 is 0 Å². The zero-order valence-corrected chi connectivity index (χ0v) is 13.8. The molecule has 0 fully saturated rings. The van der Waals surface area contributed by atoms with Crippen LogP contribution in [0.2, 0.25) is 0 Å². The Morgan fingerprint density at radius 1 is 1.24 bits per heavy atom. The highest BCUT2D eigenvalue weighted by molar-refractivity contribution is 5.82. The zero-order valence-electron chi connectivity index (χ0n) is 13.8. The van der Waals surface area contributed by atoms with E-state index < -0.39 is 0 Å². The maximum Gasteiger partial charge on any atom is 0.134 e. The zero-order chi connectivity index (χ0) is 15.5. The van der Waals surface area contributed by atoms with Gasteiger partial charge in [0.05, 0.1) is 18.8 Å². The Hall–Kier alpha value is -1.32. The Balaban J connectivity index is 2.27. The van der Waals surface area contributed by atoms with Crippen LogP contribution in [-0.4, -0.2) is 11.6 Å². The Bertz CT molecular complexity index is 584. The lowest BCUT2D eigenvalue weighted by Crippen LogP contribution is -2.24. The van der Waals surface area contributed by atoms with E-state index in [-0.39, 0.29) is 5.60 Å². The van der Waals surface area contributed by atoms with E-state index in [2.05, 4.69) is 46.0 Å². The summed E-state index contributed by atoms with van der Waals surface area (Å²) in [5.41, 5.74) is 1.99. The summed E-state index contributed by atoms with van der Waals surface area (Å²) < 4.78 is 12.1. The Morgan fingerprint density at radius 3 is 2.62 bits per heavy atom. The summed E-state index contributed by atoms with van der Waals surface area (Å²) in [7, 11) is 0. The predicted molar refractivity (Wildman–Crippen MR) is 87.3 cm³/mol. The quantitative estimate of drug-likeness (QED) is 0.806. The summed E-state index contributed by atoms with van der Waals surface area (Å²) in [6.07, 6.45) is 0.988. The Kier molecular flexibility index (Phi) is 5.07. The van der Waals surface area contributed by atoms with Gasteiger partial charge in [0, 0.05) is 17.0 Å². The smallest absolute Gasteiger partial charge is 0.134 e. The topological polar surface area (TPSA) is 34.4 Å². The van der Waals surface area contributed by atoms with Gasteiger partial charge in [0.15, 0.2) is 0 Å². The van der Waals surface area contributed by atoms with Crippen LogP contribution in [0, 0.1) is 0 Å². The van der Waals surface area contributed by atoms with Gasteiger partial charge < -0.3 is 14.5 Å². The van der Waals surface area contributed by atoms with E-state index in [9.17, 15) is 0 Å². The van der Waals surface area contributed by atoms with Crippen molar-refractivity contribution >= 4 is 11.0 Å². The highest BCUT2D eigenvalue weighted by Gasteiger charge is 2.19. The molecule has 0 atom stereocenters. The maximum atomic E-state index is 6.09. The van der Waals surface area contributed by atoms with Gasteiger partial charge in [-0.25, -0.2) is 0 Å². The average Bonchev–Trinajstić information content (AvgIpc) is 2.81. The predicted octanol–water partition coefficient (Wildman–Crippen LogP) is 4.64. The lowest BCUT2D eigenvalue weighted by Gasteiger charge is -2.23. The van der Waals surface area contributed by atoms with Crippen molar-refractivity contribution in [2.75, 3.05) is 0 Å². The van der Waals surface area contributed by atoms with Crippen molar-refractivity contribution in [2.45, 2.75) is 65.8 Å². The molecule has 116 valence electrons. The van der Waals surface area contributed by atoms with E-state index in [0.717, 1.165) is 29.7 Å². The van der Waals surface area contributed by atoms with Crippen LogP contribution in [-0.2, 0) is 17.9 Å². The number of rotatable bonds is 7. The molecular weight excluding hydrogens is 262 g/mol. The van der Waals surface area contributed by atoms with Gasteiger partial charge in [0.1, 0.15) is 11.3 Å². The second-order valence-corrected chi connectivity index (χ2v) is 6.44. The van der Waals surface area contributed by atoms with Gasteiger partial charge >= 0.3 is 0 Å². The van der Waals surface area contributed by atoms with Gasteiger partial charge in [-0.2, -0.15) is 0 Å². The van der Waals surface area contributed by atoms with E-state index in [0.29, 0.717) is 12.6 Å². The molecule has 0 aliphatic carbocycles. The van der Waals surface area contributed by atoms with Crippen LogP contribution in [0.25, 0.3) is 11.0 Å². The SMILES string of the molecule is CCC(C)(C)OCc1c(CNC(C)C)oc2ccccc12. The van der Waals surface area contributed by atoms with Gasteiger partial charge in [0.2, 0.25) is 0 Å². The molecule has 2 aromatic rings. The molecule has 3 nitrogen and oxygen atoms in total. The van der Waals surface area contributed by atoms with E-state index in [1.165, 1.54) is 5.56 Å². The lowest BCUT2D eigenvalue weighted by atomic mass is 10.1. The second kappa shape index (κ2) is 6.63. The van der Waals surface area contributed by atoms with Gasteiger partial charge in [-0.05, 0) is 26.3 Å². The maximum absolute atomic E-state index is 6.09. The number of para-hydroxylation sites is 1. The van der Waals surface area contributed by atoms with Crippen molar-refractivity contribution < 1.29 is 9.15 Å². The number of hydrogen-bond acceptors (Lipinski definition) is 3. The summed E-state index contributed by atoms with van der Waals surface area (Å²) in [4.78, 5) is 0. The number of hydrogen-bond donors (Lipinski definition) is 1. The molecule has 1 aromatic heterocycles. The summed E-state index contributed by atoms with van der Waals surface area (Å²) >= 11 is 0. The van der Waals surface area contributed by atoms with E-state index in [1.54, 1.807) is 0 Å². The molecule has 0 bridgehead atoms. The molecule has 0 aliphatic heterocycles. The van der Waals surface area contributed by atoms with Crippen LogP contribution in [0.5, 0.6) is 0 Å². The minimum atomic E-state index is -0.110. The van der Waals surface area contributed by atoms with Crippen molar-refractivity contribution in [1.82, 2.24) is 5.32 Å². The molecule has 1 N–H and O–H groups in total. The highest BCUT2D eigenvalue weighted by Crippen LogP contribution is 2.28. The summed E-state index contributed by atoms with van der Waals surface area (Å²) in [6, 6.07) is 8.61. The fraction of sp³-hybridized carbons (Fsp3) is 0.556. The Morgan fingerprint density at radius 2 is 1.95 bits per heavy atom. The fourth-order valence-electron chi connectivity index (χ4n) is 2.12. The van der Waals surface area contributed by atoms with Crippen molar-refractivity contribution in [3.05, 3.63) is 35.6 Å². The van der Waals surface area contributed by atoms with Crippen molar-refractivity contribution in [3.8, 4) is 0 Å². The van der Waals surface area contributed by atoms with Crippen molar-refractivity contribution in [3.63, 3.8) is 0 Å². The third-order valence-electron chi connectivity index (χ3n) is 3.91. The fourth-order valence-corrected chi connectivity index (χ4v) is 2.12. The number of fused-ring (bicyclic) bond motifs is 1. The molecule has 21 heavy (non-hydrogen) atoms. The van der Waals surface area contributed by atoms with Crippen LogP contribution >= 0.6 is 0 Å². The Labute approximate surface area is 127 Å². The molecule has 0 saturated carbocycles. The van der Waals surface area contributed by atoms with Crippen LogP contribution in [0.3, 0.4) is 0 Å². The van der Waals surface area contributed by atoms with Gasteiger partial charge in [0.25, 0.3) is 0 Å². The standard InChI is InChI=1S/C18H27NO2/c1-6-18(4,5)20-12-15-14-9-7-8-10-16(14)21-17(15)11-19-13(2)3/h7-10,13,19H,6,11-12H2,1-5H3. The molecular formula is C18H27NO2. The minimum Gasteiger partial charge on any atom is -0.459 e. The molecule has 0 amide bonds. The second-order valence-electron chi connectivity index (χ2n) is 6.44. The normalized spacial score (nSPS) is 12.5. The van der Waals surface area contributed by atoms with Crippen LogP contribution in [0.1, 0.15) is 52.4 Å². The first kappa shape index (κ1) is 16.1. The molecule has 3 heteroatoms. The van der Waals surface area contributed by atoms with Gasteiger partial charge in [-0.1, -0.05) is 39.0 Å². The van der Waals surface area contributed by atoms with Crippen LogP contribution < -0.4 is 5.32 Å². The first-order valence-electron chi connectivity index (χ1n) is 7.79. The third kappa shape index (κ3) is 4.08. The lowest BCUT2D eigenvalue weighted by molar-refractivity contribution is -0.0317. The number of furan rings is 1. The van der Waals surface area contributed by atoms with E-state index in [4.69, 9.17) is 9.15 Å². The first-order valence-corrected chi connectivity index (χ1v) is 7.79. The highest BCUT2D eigenvalue weighted by atomic mass is 16.5. The third-order valence-corrected chi connectivity index (χ3v) is 3.91. The van der Waals surface area contributed by atoms with Crippen LogP contribution in [0.4, 0.5) is 0 Å². The molecule has 1 heterocycles. The molecule has 0 unspecified atom stereocenters. The van der Waals surface area contributed by atoms with Gasteiger partial charge in [-0.3, -0.25) is 0 Å². The van der Waals surface area contributed by atoms with E-state index in [1.807, 2.05) is 18.2 Å². The number of benzene rings is 1. The van der Waals surface area contributed by atoms with Crippen LogP contribution in [0.15, 0.2) is 28.7 Å². The summed E-state index contributed by atoms with van der Waals surface area (Å²) in [5.74, 6) is 0.983. The first-order chi connectivity index (χ1) is 9.93. The largest absolute Gasteiger partial charge is 0.459 e.